The minimum Gasteiger partial charge on any atom is -0.379 e. The van der Waals surface area contributed by atoms with E-state index in [0.29, 0.717) is 23.5 Å². The Kier molecular flexibility index (Phi) is 6.37. The van der Waals surface area contributed by atoms with Gasteiger partial charge in [-0.2, -0.15) is 30.6 Å². The van der Waals surface area contributed by atoms with Gasteiger partial charge in [-0.15, -0.1) is 11.3 Å². The van der Waals surface area contributed by atoms with Crippen LogP contribution in [-0.2, 0) is 27.1 Å². The van der Waals surface area contributed by atoms with Crippen molar-refractivity contribution in [2.75, 3.05) is 31.6 Å². The summed E-state index contributed by atoms with van der Waals surface area (Å²) >= 11 is 0.694. The molecule has 14 heteroatoms. The number of amides is 1. The third-order valence-electron chi connectivity index (χ3n) is 4.27. The van der Waals surface area contributed by atoms with E-state index < -0.39 is 45.1 Å². The molecule has 0 unspecified atom stereocenters. The lowest BCUT2D eigenvalue weighted by atomic mass is 10.1. The summed E-state index contributed by atoms with van der Waals surface area (Å²) in [5.74, 6) is -1.14. The van der Waals surface area contributed by atoms with Crippen molar-refractivity contribution in [2.24, 2.45) is 0 Å². The fraction of sp³-hybridized carbons (Fsp3) is 0.353. The van der Waals surface area contributed by atoms with Crippen LogP contribution in [0.25, 0.3) is 0 Å². The zero-order chi connectivity index (χ0) is 23.0. The van der Waals surface area contributed by atoms with Crippen LogP contribution in [0.3, 0.4) is 0 Å². The average Bonchev–Trinajstić information content (AvgIpc) is 3.18. The van der Waals surface area contributed by atoms with Crippen LogP contribution in [0.5, 0.6) is 0 Å². The second-order valence-electron chi connectivity index (χ2n) is 6.38. The summed E-state index contributed by atoms with van der Waals surface area (Å²) < 4.78 is 110. The summed E-state index contributed by atoms with van der Waals surface area (Å²) in [5, 5.41) is 3.24. The largest absolute Gasteiger partial charge is 0.416 e. The molecular formula is C17H14F6N2O4S2. The molecule has 1 aromatic heterocycles. The third kappa shape index (κ3) is 5.19. The summed E-state index contributed by atoms with van der Waals surface area (Å²) in [6, 6.07) is 1.76. The third-order valence-corrected chi connectivity index (χ3v) is 7.25. The Morgan fingerprint density at radius 3 is 2.06 bits per heavy atom. The van der Waals surface area contributed by atoms with Crippen molar-refractivity contribution in [3.63, 3.8) is 0 Å². The first kappa shape index (κ1) is 23.5. The topological polar surface area (TPSA) is 75.7 Å². The molecule has 1 N–H and O–H groups in total. The Morgan fingerprint density at radius 1 is 1.00 bits per heavy atom. The molecule has 0 radical (unpaired) electrons. The molecule has 6 nitrogen and oxygen atoms in total. The van der Waals surface area contributed by atoms with Gasteiger partial charge in [-0.1, -0.05) is 0 Å². The highest BCUT2D eigenvalue weighted by Crippen LogP contribution is 2.38. The number of thiophene rings is 1. The van der Waals surface area contributed by atoms with Crippen molar-refractivity contribution in [3.8, 4) is 0 Å². The molecule has 1 fully saturated rings. The number of rotatable bonds is 4. The molecule has 0 atom stereocenters. The summed E-state index contributed by atoms with van der Waals surface area (Å²) in [6.07, 6.45) is -10.2. The van der Waals surface area contributed by atoms with E-state index in [0.717, 1.165) is 10.4 Å². The number of morpholine rings is 1. The average molecular weight is 488 g/mol. The first-order chi connectivity index (χ1) is 14.3. The Morgan fingerprint density at radius 2 is 1.55 bits per heavy atom. The molecule has 0 aliphatic carbocycles. The highest BCUT2D eigenvalue weighted by Gasteiger charge is 2.37. The molecule has 2 aromatic rings. The SMILES string of the molecule is O=C(Nc1cc(C(F)(F)F)cc(C(F)(F)F)c1)c1sccc1S(=O)(=O)N1CCOCC1. The van der Waals surface area contributed by atoms with Gasteiger partial charge in [0.1, 0.15) is 9.77 Å². The second-order valence-corrected chi connectivity index (χ2v) is 9.20. The standard InChI is InChI=1S/C17H14F6N2O4S2/c18-16(19,20)10-7-11(17(21,22)23)9-12(8-10)24-15(26)14-13(1-6-30-14)31(27,28)25-2-4-29-5-3-25/h1,6-9H,2-5H2,(H,24,26). The van der Waals surface area contributed by atoms with E-state index in [1.54, 1.807) is 0 Å². The molecule has 1 aliphatic heterocycles. The highest BCUT2D eigenvalue weighted by molar-refractivity contribution is 7.89. The molecule has 0 bridgehead atoms. The normalized spacial score (nSPS) is 16.3. The molecule has 3 rings (SSSR count). The Labute approximate surface area is 176 Å². The number of halogens is 6. The van der Waals surface area contributed by atoms with Gasteiger partial charge in [0.2, 0.25) is 10.0 Å². The number of hydrogen-bond acceptors (Lipinski definition) is 5. The molecule has 0 spiro atoms. The summed E-state index contributed by atoms with van der Waals surface area (Å²) in [4.78, 5) is 11.8. The second kappa shape index (κ2) is 8.41. The van der Waals surface area contributed by atoms with Crippen LogP contribution >= 0.6 is 11.3 Å². The predicted octanol–water partition coefficient (Wildman–Crippen LogP) is 4.06. The quantitative estimate of drug-likeness (QED) is 0.659. The van der Waals surface area contributed by atoms with Crippen molar-refractivity contribution in [1.29, 1.82) is 0 Å². The monoisotopic (exact) mass is 488 g/mol. The van der Waals surface area contributed by atoms with Gasteiger partial charge in [-0.3, -0.25) is 4.79 Å². The van der Waals surface area contributed by atoms with Gasteiger partial charge in [0, 0.05) is 18.8 Å². The van der Waals surface area contributed by atoms with Crippen molar-refractivity contribution < 1.29 is 44.3 Å². The maximum Gasteiger partial charge on any atom is 0.416 e. The Hall–Kier alpha value is -2.16. The van der Waals surface area contributed by atoms with Gasteiger partial charge in [0.15, 0.2) is 0 Å². The number of carbonyl (C=O) groups is 1. The van der Waals surface area contributed by atoms with Crippen LogP contribution in [0.15, 0.2) is 34.5 Å². The molecule has 31 heavy (non-hydrogen) atoms. The lowest BCUT2D eigenvalue weighted by molar-refractivity contribution is -0.143. The van der Waals surface area contributed by atoms with Gasteiger partial charge in [-0.05, 0) is 29.6 Å². The van der Waals surface area contributed by atoms with E-state index >= 15 is 0 Å². The van der Waals surface area contributed by atoms with E-state index in [4.69, 9.17) is 4.74 Å². The van der Waals surface area contributed by atoms with E-state index in [1.807, 2.05) is 5.32 Å². The van der Waals surface area contributed by atoms with Gasteiger partial charge in [0.25, 0.3) is 5.91 Å². The number of carbonyl (C=O) groups excluding carboxylic acids is 1. The highest BCUT2D eigenvalue weighted by atomic mass is 32.2. The molecule has 1 aromatic carbocycles. The molecule has 0 saturated carbocycles. The number of nitrogens with zero attached hydrogens (tertiary/aromatic N) is 1. The fourth-order valence-electron chi connectivity index (χ4n) is 2.81. The van der Waals surface area contributed by atoms with Crippen LogP contribution in [-0.4, -0.2) is 44.9 Å². The molecule has 170 valence electrons. The zero-order valence-corrected chi connectivity index (χ0v) is 17.0. The maximum atomic E-state index is 13.0. The van der Waals surface area contributed by atoms with Crippen molar-refractivity contribution >= 4 is 33.0 Å². The van der Waals surface area contributed by atoms with Crippen LogP contribution in [0.2, 0.25) is 0 Å². The van der Waals surface area contributed by atoms with E-state index in [9.17, 15) is 39.6 Å². The number of ether oxygens (including phenoxy) is 1. The van der Waals surface area contributed by atoms with E-state index in [-0.39, 0.29) is 42.1 Å². The molecule has 1 amide bonds. The van der Waals surface area contributed by atoms with E-state index in [1.165, 1.54) is 5.38 Å². The number of benzene rings is 1. The van der Waals surface area contributed by atoms with Crippen molar-refractivity contribution in [1.82, 2.24) is 4.31 Å². The van der Waals surface area contributed by atoms with Crippen molar-refractivity contribution in [3.05, 3.63) is 45.6 Å². The summed E-state index contributed by atoms with van der Waals surface area (Å²) in [7, 11) is -4.11. The summed E-state index contributed by atoms with van der Waals surface area (Å²) in [6.45, 7) is 0.383. The zero-order valence-electron chi connectivity index (χ0n) is 15.4. The lowest BCUT2D eigenvalue weighted by Crippen LogP contribution is -2.41. The van der Waals surface area contributed by atoms with Gasteiger partial charge in [-0.25, -0.2) is 8.42 Å². The molecule has 1 aliphatic rings. The van der Waals surface area contributed by atoms with Crippen molar-refractivity contribution in [2.45, 2.75) is 17.2 Å². The Balaban J connectivity index is 1.94. The summed E-state index contributed by atoms with van der Waals surface area (Å²) in [5.41, 5.74) is -3.98. The van der Waals surface area contributed by atoms with Crippen LogP contribution in [0.1, 0.15) is 20.8 Å². The van der Waals surface area contributed by atoms with E-state index in [2.05, 4.69) is 0 Å². The van der Waals surface area contributed by atoms with Gasteiger partial charge in [0.05, 0.1) is 24.3 Å². The first-order valence-corrected chi connectivity index (χ1v) is 10.9. The van der Waals surface area contributed by atoms with Crippen LogP contribution in [0, 0.1) is 0 Å². The minimum atomic E-state index is -5.09. The minimum absolute atomic E-state index is 0.0435. The fourth-order valence-corrected chi connectivity index (χ4v) is 5.51. The molecular weight excluding hydrogens is 474 g/mol. The number of nitrogens with one attached hydrogen (secondary N) is 1. The number of sulfonamides is 1. The smallest absolute Gasteiger partial charge is 0.379 e. The number of anilines is 1. The lowest BCUT2D eigenvalue weighted by Gasteiger charge is -2.26. The van der Waals surface area contributed by atoms with Crippen LogP contribution in [0.4, 0.5) is 32.0 Å². The van der Waals surface area contributed by atoms with Crippen LogP contribution < -0.4 is 5.32 Å². The Bertz CT molecular complexity index is 1040. The van der Waals surface area contributed by atoms with Gasteiger partial charge < -0.3 is 10.1 Å². The first-order valence-electron chi connectivity index (χ1n) is 8.56. The van der Waals surface area contributed by atoms with Gasteiger partial charge >= 0.3 is 12.4 Å². The molecule has 2 heterocycles. The predicted molar refractivity (Wildman–Crippen MR) is 98.3 cm³/mol. The number of hydrogen-bond donors (Lipinski definition) is 1. The molecule has 1 saturated heterocycles. The number of alkyl halides is 6. The maximum absolute atomic E-state index is 13.0.